The van der Waals surface area contributed by atoms with Crippen molar-refractivity contribution < 1.29 is 8.42 Å². The third-order valence-electron chi connectivity index (χ3n) is 2.70. The highest BCUT2D eigenvalue weighted by molar-refractivity contribution is 7.89. The van der Waals surface area contributed by atoms with Crippen LogP contribution in [0.1, 0.15) is 18.1 Å². The molecule has 1 aliphatic rings. The summed E-state index contributed by atoms with van der Waals surface area (Å²) in [5.74, 6) is 0.350. The fraction of sp³-hybridized carbons (Fsp3) is 0.455. The summed E-state index contributed by atoms with van der Waals surface area (Å²) in [5, 5.41) is 0. The number of rotatable bonds is 0. The van der Waals surface area contributed by atoms with Gasteiger partial charge in [0.05, 0.1) is 4.90 Å². The van der Waals surface area contributed by atoms with E-state index in [4.69, 9.17) is 0 Å². The maximum absolute atomic E-state index is 11.8. The molecule has 0 unspecified atom stereocenters. The summed E-state index contributed by atoms with van der Waals surface area (Å²) < 4.78 is 26.3. The lowest BCUT2D eigenvalue weighted by Crippen LogP contribution is -2.26. The van der Waals surface area contributed by atoms with Crippen molar-refractivity contribution in [2.45, 2.75) is 25.2 Å². The van der Waals surface area contributed by atoms with Crippen LogP contribution >= 0.6 is 0 Å². The second-order valence-corrected chi connectivity index (χ2v) is 6.01. The third kappa shape index (κ3) is 2.06. The predicted octanol–water partition coefficient (Wildman–Crippen LogP) is 1.47. The van der Waals surface area contributed by atoms with Crippen molar-refractivity contribution >= 4 is 10.0 Å². The highest BCUT2D eigenvalue weighted by Gasteiger charge is 2.23. The minimum atomic E-state index is -3.28. The molecule has 1 N–H and O–H groups in total. The summed E-state index contributed by atoms with van der Waals surface area (Å²) in [6.45, 7) is 4.56. The standard InChI is InChI=1S/C11H15NO2S/c1-8-3-4-11-10(5-8)6-9(2)7-12-15(11,13)14/h3-5,9,12H,6-7H2,1-2H3/t9-/m0/s1. The average Bonchev–Trinajstić information content (AvgIpc) is 2.24. The lowest BCUT2D eigenvalue weighted by atomic mass is 10.00. The SMILES string of the molecule is Cc1ccc2c(c1)C[C@H](C)CNS2(=O)=O. The molecule has 3 nitrogen and oxygen atoms in total. The summed E-state index contributed by atoms with van der Waals surface area (Å²) in [6.07, 6.45) is 0.823. The number of aryl methyl sites for hydroxylation is 1. The van der Waals surface area contributed by atoms with E-state index < -0.39 is 10.0 Å². The van der Waals surface area contributed by atoms with Gasteiger partial charge in [-0.05, 0) is 30.9 Å². The molecule has 0 fully saturated rings. The molecule has 0 saturated carbocycles. The van der Waals surface area contributed by atoms with Crippen molar-refractivity contribution in [1.82, 2.24) is 4.72 Å². The Balaban J connectivity index is 2.61. The molecular formula is C11H15NO2S. The van der Waals surface area contributed by atoms with Crippen LogP contribution in [0.4, 0.5) is 0 Å². The lowest BCUT2D eigenvalue weighted by molar-refractivity contribution is 0.552. The first-order valence-electron chi connectivity index (χ1n) is 5.08. The Morgan fingerprint density at radius 3 is 2.87 bits per heavy atom. The Morgan fingerprint density at radius 1 is 1.40 bits per heavy atom. The monoisotopic (exact) mass is 225 g/mol. The normalized spacial score (nSPS) is 24.3. The highest BCUT2D eigenvalue weighted by atomic mass is 32.2. The first-order chi connectivity index (χ1) is 6.99. The van der Waals surface area contributed by atoms with E-state index >= 15 is 0 Å². The Labute approximate surface area is 90.6 Å². The molecule has 0 saturated heterocycles. The molecule has 1 heterocycles. The van der Waals surface area contributed by atoms with Gasteiger partial charge in [0.2, 0.25) is 10.0 Å². The van der Waals surface area contributed by atoms with Gasteiger partial charge in [0.15, 0.2) is 0 Å². The molecule has 0 radical (unpaired) electrons. The van der Waals surface area contributed by atoms with Gasteiger partial charge in [0, 0.05) is 6.54 Å². The largest absolute Gasteiger partial charge is 0.240 e. The molecule has 1 atom stereocenters. The Kier molecular flexibility index (Phi) is 2.56. The van der Waals surface area contributed by atoms with E-state index in [1.165, 1.54) is 0 Å². The van der Waals surface area contributed by atoms with E-state index in [-0.39, 0.29) is 0 Å². The number of benzene rings is 1. The topological polar surface area (TPSA) is 46.2 Å². The van der Waals surface area contributed by atoms with Crippen molar-refractivity contribution in [2.75, 3.05) is 6.54 Å². The van der Waals surface area contributed by atoms with Gasteiger partial charge in [-0.3, -0.25) is 0 Å². The molecule has 0 aromatic heterocycles. The molecule has 82 valence electrons. The smallest absolute Gasteiger partial charge is 0.211 e. The Morgan fingerprint density at radius 2 is 2.13 bits per heavy atom. The van der Waals surface area contributed by atoms with Gasteiger partial charge >= 0.3 is 0 Å². The fourth-order valence-electron chi connectivity index (χ4n) is 1.91. The van der Waals surface area contributed by atoms with E-state index in [1.807, 2.05) is 19.1 Å². The molecule has 0 aliphatic carbocycles. The number of hydrogen-bond acceptors (Lipinski definition) is 2. The minimum Gasteiger partial charge on any atom is -0.211 e. The van der Waals surface area contributed by atoms with E-state index in [1.54, 1.807) is 6.07 Å². The molecule has 1 aliphatic heterocycles. The Hall–Kier alpha value is -0.870. The minimum absolute atomic E-state index is 0.350. The Bertz CT molecular complexity index is 479. The van der Waals surface area contributed by atoms with Crippen molar-refractivity contribution in [3.63, 3.8) is 0 Å². The van der Waals surface area contributed by atoms with Crippen LogP contribution in [-0.4, -0.2) is 15.0 Å². The van der Waals surface area contributed by atoms with E-state index in [2.05, 4.69) is 11.6 Å². The van der Waals surface area contributed by atoms with Crippen LogP contribution in [0.3, 0.4) is 0 Å². The van der Waals surface area contributed by atoms with Crippen molar-refractivity contribution in [1.29, 1.82) is 0 Å². The zero-order chi connectivity index (χ0) is 11.1. The van der Waals surface area contributed by atoms with Gasteiger partial charge in [0.1, 0.15) is 0 Å². The van der Waals surface area contributed by atoms with E-state index in [0.717, 1.165) is 17.5 Å². The molecule has 15 heavy (non-hydrogen) atoms. The second-order valence-electron chi connectivity index (χ2n) is 4.27. The zero-order valence-corrected chi connectivity index (χ0v) is 9.76. The molecule has 1 aromatic carbocycles. The number of hydrogen-bond donors (Lipinski definition) is 1. The first-order valence-corrected chi connectivity index (χ1v) is 6.56. The van der Waals surface area contributed by atoms with Gasteiger partial charge in [-0.1, -0.05) is 24.6 Å². The van der Waals surface area contributed by atoms with Crippen molar-refractivity contribution in [3.8, 4) is 0 Å². The summed E-state index contributed by atoms with van der Waals surface area (Å²) in [7, 11) is -3.28. The summed E-state index contributed by atoms with van der Waals surface area (Å²) >= 11 is 0. The second kappa shape index (κ2) is 3.61. The van der Waals surface area contributed by atoms with Crippen LogP contribution in [0.25, 0.3) is 0 Å². The first kappa shape index (κ1) is 10.6. The van der Waals surface area contributed by atoms with Crippen LogP contribution in [-0.2, 0) is 16.4 Å². The average molecular weight is 225 g/mol. The lowest BCUT2D eigenvalue weighted by Gasteiger charge is -2.07. The maximum atomic E-state index is 11.8. The summed E-state index contributed by atoms with van der Waals surface area (Å²) in [4.78, 5) is 0.442. The van der Waals surface area contributed by atoms with Crippen LogP contribution in [0.2, 0.25) is 0 Å². The number of nitrogens with one attached hydrogen (secondary N) is 1. The van der Waals surface area contributed by atoms with Gasteiger partial charge in [-0.15, -0.1) is 0 Å². The summed E-state index contributed by atoms with van der Waals surface area (Å²) in [6, 6.07) is 5.51. The number of sulfonamides is 1. The van der Waals surface area contributed by atoms with E-state index in [9.17, 15) is 8.42 Å². The maximum Gasteiger partial charge on any atom is 0.240 e. The van der Waals surface area contributed by atoms with Gasteiger partial charge in [-0.25, -0.2) is 13.1 Å². The van der Waals surface area contributed by atoms with Gasteiger partial charge in [0.25, 0.3) is 0 Å². The molecule has 0 bridgehead atoms. The number of fused-ring (bicyclic) bond motifs is 1. The van der Waals surface area contributed by atoms with Crippen LogP contribution in [0, 0.1) is 12.8 Å². The third-order valence-corrected chi connectivity index (χ3v) is 4.22. The fourth-order valence-corrected chi connectivity index (χ4v) is 3.30. The highest BCUT2D eigenvalue weighted by Crippen LogP contribution is 2.23. The molecule has 0 amide bonds. The van der Waals surface area contributed by atoms with Crippen LogP contribution in [0.15, 0.2) is 23.1 Å². The van der Waals surface area contributed by atoms with Crippen molar-refractivity contribution in [2.24, 2.45) is 5.92 Å². The van der Waals surface area contributed by atoms with Crippen molar-refractivity contribution in [3.05, 3.63) is 29.3 Å². The quantitative estimate of drug-likeness (QED) is 0.726. The zero-order valence-electron chi connectivity index (χ0n) is 8.95. The summed E-state index contributed by atoms with van der Waals surface area (Å²) in [5.41, 5.74) is 2.05. The van der Waals surface area contributed by atoms with Crippen LogP contribution in [0.5, 0.6) is 0 Å². The molecule has 1 aromatic rings. The van der Waals surface area contributed by atoms with Gasteiger partial charge in [-0.2, -0.15) is 0 Å². The molecule has 0 spiro atoms. The molecule has 4 heteroatoms. The predicted molar refractivity (Wildman–Crippen MR) is 59.2 cm³/mol. The van der Waals surface area contributed by atoms with E-state index in [0.29, 0.717) is 17.4 Å². The van der Waals surface area contributed by atoms with Crippen LogP contribution < -0.4 is 4.72 Å². The molecule has 2 rings (SSSR count). The van der Waals surface area contributed by atoms with Gasteiger partial charge < -0.3 is 0 Å². The molecular weight excluding hydrogens is 210 g/mol.